The molecule has 5 nitrogen and oxygen atoms in total. The fourth-order valence-electron chi connectivity index (χ4n) is 2.19. The van der Waals surface area contributed by atoms with Gasteiger partial charge in [-0.05, 0) is 32.0 Å². The monoisotopic (exact) mass is 253 g/mol. The molecule has 0 bridgehead atoms. The number of fused-ring (bicyclic) bond motifs is 1. The molecular weight excluding hydrogens is 238 g/mol. The highest BCUT2D eigenvalue weighted by Crippen LogP contribution is 2.22. The van der Waals surface area contributed by atoms with Crippen LogP contribution >= 0.6 is 0 Å². The van der Waals surface area contributed by atoms with Crippen molar-refractivity contribution in [3.05, 3.63) is 48.2 Å². The number of benzene rings is 1. The summed E-state index contributed by atoms with van der Waals surface area (Å²) < 4.78 is 0. The molecule has 19 heavy (non-hydrogen) atoms. The number of aromatic nitrogens is 4. The lowest BCUT2D eigenvalue weighted by Crippen LogP contribution is -2.10. The highest BCUT2D eigenvalue weighted by atomic mass is 15.1. The van der Waals surface area contributed by atoms with Crippen LogP contribution < -0.4 is 5.32 Å². The molecule has 1 unspecified atom stereocenters. The summed E-state index contributed by atoms with van der Waals surface area (Å²) in [5, 5.41) is 11.5. The summed E-state index contributed by atoms with van der Waals surface area (Å²) in [6.45, 7) is 4.05. The predicted molar refractivity (Wildman–Crippen MR) is 74.9 cm³/mol. The molecule has 0 radical (unpaired) electrons. The summed E-state index contributed by atoms with van der Waals surface area (Å²) in [6.07, 6.45) is 5.25. The van der Waals surface area contributed by atoms with Crippen LogP contribution in [0.5, 0.6) is 0 Å². The SMILES string of the molecule is Cc1nccnc1C(C)Nc1ccc2[nH]ncc2c1. The Morgan fingerprint density at radius 1 is 1.21 bits per heavy atom. The van der Waals surface area contributed by atoms with Crippen LogP contribution in [0.15, 0.2) is 36.8 Å². The first-order valence-electron chi connectivity index (χ1n) is 6.21. The zero-order chi connectivity index (χ0) is 13.2. The van der Waals surface area contributed by atoms with Crippen molar-refractivity contribution >= 4 is 16.6 Å². The van der Waals surface area contributed by atoms with Crippen LogP contribution in [0.2, 0.25) is 0 Å². The number of nitrogens with one attached hydrogen (secondary N) is 2. The molecule has 0 spiro atoms. The molecule has 0 amide bonds. The Labute approximate surface area is 111 Å². The third kappa shape index (κ3) is 2.27. The number of anilines is 1. The van der Waals surface area contributed by atoms with Gasteiger partial charge in [0.1, 0.15) is 0 Å². The summed E-state index contributed by atoms with van der Waals surface area (Å²) in [6, 6.07) is 6.23. The van der Waals surface area contributed by atoms with Gasteiger partial charge in [0.2, 0.25) is 0 Å². The van der Waals surface area contributed by atoms with Gasteiger partial charge in [-0.3, -0.25) is 15.1 Å². The van der Waals surface area contributed by atoms with Crippen LogP contribution in [-0.4, -0.2) is 20.2 Å². The van der Waals surface area contributed by atoms with Crippen molar-refractivity contribution < 1.29 is 0 Å². The van der Waals surface area contributed by atoms with E-state index in [1.165, 1.54) is 0 Å². The minimum Gasteiger partial charge on any atom is -0.377 e. The fourth-order valence-corrected chi connectivity index (χ4v) is 2.19. The average Bonchev–Trinajstić information content (AvgIpc) is 2.86. The number of aryl methyl sites for hydroxylation is 1. The number of rotatable bonds is 3. The van der Waals surface area contributed by atoms with E-state index in [-0.39, 0.29) is 6.04 Å². The maximum Gasteiger partial charge on any atom is 0.0835 e. The second-order valence-corrected chi connectivity index (χ2v) is 4.57. The van der Waals surface area contributed by atoms with E-state index in [2.05, 4.69) is 38.5 Å². The molecule has 0 aliphatic carbocycles. The number of hydrogen-bond acceptors (Lipinski definition) is 4. The Hall–Kier alpha value is -2.43. The van der Waals surface area contributed by atoms with Gasteiger partial charge in [-0.25, -0.2) is 0 Å². The molecule has 0 aliphatic rings. The van der Waals surface area contributed by atoms with Gasteiger partial charge in [-0.15, -0.1) is 0 Å². The summed E-state index contributed by atoms with van der Waals surface area (Å²) in [5.74, 6) is 0. The molecule has 1 aromatic carbocycles. The van der Waals surface area contributed by atoms with Crippen LogP contribution in [0.25, 0.3) is 10.9 Å². The molecule has 96 valence electrons. The lowest BCUT2D eigenvalue weighted by Gasteiger charge is -2.16. The van der Waals surface area contributed by atoms with Crippen molar-refractivity contribution in [3.63, 3.8) is 0 Å². The second-order valence-electron chi connectivity index (χ2n) is 4.57. The second kappa shape index (κ2) is 4.68. The summed E-state index contributed by atoms with van der Waals surface area (Å²) in [5.41, 5.74) is 4.00. The van der Waals surface area contributed by atoms with Gasteiger partial charge in [0.25, 0.3) is 0 Å². The van der Waals surface area contributed by atoms with Crippen molar-refractivity contribution in [3.8, 4) is 0 Å². The summed E-state index contributed by atoms with van der Waals surface area (Å²) in [4.78, 5) is 8.65. The molecule has 5 heteroatoms. The van der Waals surface area contributed by atoms with E-state index in [0.717, 1.165) is 28.0 Å². The van der Waals surface area contributed by atoms with Gasteiger partial charge >= 0.3 is 0 Å². The topological polar surface area (TPSA) is 66.5 Å². The third-order valence-corrected chi connectivity index (χ3v) is 3.15. The highest BCUT2D eigenvalue weighted by Gasteiger charge is 2.10. The van der Waals surface area contributed by atoms with Gasteiger partial charge in [-0.2, -0.15) is 5.10 Å². The quantitative estimate of drug-likeness (QED) is 0.753. The van der Waals surface area contributed by atoms with Gasteiger partial charge in [-0.1, -0.05) is 0 Å². The molecule has 2 aromatic heterocycles. The van der Waals surface area contributed by atoms with Gasteiger partial charge < -0.3 is 5.32 Å². The maximum absolute atomic E-state index is 4.38. The van der Waals surface area contributed by atoms with Crippen LogP contribution in [-0.2, 0) is 0 Å². The molecular formula is C14H15N5. The minimum atomic E-state index is 0.109. The van der Waals surface area contributed by atoms with Crippen molar-refractivity contribution in [1.29, 1.82) is 0 Å². The highest BCUT2D eigenvalue weighted by molar-refractivity contribution is 5.81. The summed E-state index contributed by atoms with van der Waals surface area (Å²) >= 11 is 0. The van der Waals surface area contributed by atoms with E-state index in [0.29, 0.717) is 0 Å². The Bertz CT molecular complexity index is 704. The van der Waals surface area contributed by atoms with Gasteiger partial charge in [0.05, 0.1) is 29.1 Å². The van der Waals surface area contributed by atoms with Crippen LogP contribution in [0, 0.1) is 6.92 Å². The lowest BCUT2D eigenvalue weighted by atomic mass is 10.1. The third-order valence-electron chi connectivity index (χ3n) is 3.15. The first kappa shape index (κ1) is 11.6. The number of hydrogen-bond donors (Lipinski definition) is 2. The maximum atomic E-state index is 4.38. The van der Waals surface area contributed by atoms with E-state index in [9.17, 15) is 0 Å². The number of H-pyrrole nitrogens is 1. The number of nitrogens with zero attached hydrogens (tertiary/aromatic N) is 3. The number of aromatic amines is 1. The van der Waals surface area contributed by atoms with Crippen molar-refractivity contribution in [2.24, 2.45) is 0 Å². The molecule has 0 saturated heterocycles. The van der Waals surface area contributed by atoms with Crippen molar-refractivity contribution in [2.45, 2.75) is 19.9 Å². The van der Waals surface area contributed by atoms with Gasteiger partial charge in [0, 0.05) is 23.5 Å². The fraction of sp³-hybridized carbons (Fsp3) is 0.214. The van der Waals surface area contributed by atoms with E-state index in [1.54, 1.807) is 12.4 Å². The van der Waals surface area contributed by atoms with E-state index < -0.39 is 0 Å². The molecule has 0 fully saturated rings. The molecule has 2 N–H and O–H groups in total. The zero-order valence-corrected chi connectivity index (χ0v) is 10.9. The Balaban J connectivity index is 1.86. The van der Waals surface area contributed by atoms with E-state index in [1.807, 2.05) is 25.3 Å². The minimum absolute atomic E-state index is 0.109. The first-order chi connectivity index (χ1) is 9.24. The molecule has 0 saturated carbocycles. The molecule has 1 atom stereocenters. The van der Waals surface area contributed by atoms with Crippen molar-refractivity contribution in [2.75, 3.05) is 5.32 Å². The van der Waals surface area contributed by atoms with Crippen LogP contribution in [0.1, 0.15) is 24.4 Å². The molecule has 2 heterocycles. The predicted octanol–water partition coefficient (Wildman–Crippen LogP) is 2.83. The van der Waals surface area contributed by atoms with Crippen LogP contribution in [0.3, 0.4) is 0 Å². The van der Waals surface area contributed by atoms with Crippen molar-refractivity contribution in [1.82, 2.24) is 20.2 Å². The largest absolute Gasteiger partial charge is 0.377 e. The average molecular weight is 253 g/mol. The molecule has 0 aliphatic heterocycles. The Morgan fingerprint density at radius 3 is 2.89 bits per heavy atom. The lowest BCUT2D eigenvalue weighted by molar-refractivity contribution is 0.810. The van der Waals surface area contributed by atoms with E-state index in [4.69, 9.17) is 0 Å². The van der Waals surface area contributed by atoms with E-state index >= 15 is 0 Å². The first-order valence-corrected chi connectivity index (χ1v) is 6.21. The Kier molecular flexibility index (Phi) is 2.87. The van der Waals surface area contributed by atoms with Gasteiger partial charge in [0.15, 0.2) is 0 Å². The molecule has 3 aromatic rings. The zero-order valence-electron chi connectivity index (χ0n) is 10.9. The smallest absolute Gasteiger partial charge is 0.0835 e. The Morgan fingerprint density at radius 2 is 2.05 bits per heavy atom. The molecule has 3 rings (SSSR count). The summed E-state index contributed by atoms with van der Waals surface area (Å²) in [7, 11) is 0. The normalized spacial score (nSPS) is 12.5. The standard InChI is InChI=1S/C14H15N5/c1-9-14(16-6-5-15-9)10(2)18-12-3-4-13-11(7-12)8-17-19-13/h3-8,10,18H,1-2H3,(H,17,19). The van der Waals surface area contributed by atoms with Crippen LogP contribution in [0.4, 0.5) is 5.69 Å².